The highest BCUT2D eigenvalue weighted by Crippen LogP contribution is 2.31. The molecule has 0 bridgehead atoms. The second-order valence-corrected chi connectivity index (χ2v) is 11.8. The maximum absolute atomic E-state index is 13.2. The fourth-order valence-electron chi connectivity index (χ4n) is 3.39. The van der Waals surface area contributed by atoms with Gasteiger partial charge in [-0.05, 0) is 55.0 Å². The lowest BCUT2D eigenvalue weighted by atomic mass is 10.1. The minimum Gasteiger partial charge on any atom is -0.264 e. The van der Waals surface area contributed by atoms with E-state index in [-0.39, 0.29) is 15.6 Å². The number of hydrogen-bond acceptors (Lipinski definition) is 6. The fourth-order valence-corrected chi connectivity index (χ4v) is 7.84. The number of benzene rings is 1. The molecule has 29 heavy (non-hydrogen) atoms. The Morgan fingerprint density at radius 2 is 1.72 bits per heavy atom. The van der Waals surface area contributed by atoms with Gasteiger partial charge in [0, 0.05) is 18.9 Å². The fraction of sp³-hybridized carbons (Fsp3) is 0.250. The number of aromatic nitrogens is 1. The first-order chi connectivity index (χ1) is 13.6. The summed E-state index contributed by atoms with van der Waals surface area (Å²) in [6.45, 7) is 5.07. The van der Waals surface area contributed by atoms with Gasteiger partial charge in [0.15, 0.2) is 9.84 Å². The number of rotatable bonds is 7. The van der Waals surface area contributed by atoms with Crippen molar-refractivity contribution in [3.8, 4) is 0 Å². The van der Waals surface area contributed by atoms with Crippen LogP contribution in [-0.2, 0) is 19.9 Å². The molecule has 0 spiro atoms. The number of hydrogen-bond donors (Lipinski definition) is 1. The van der Waals surface area contributed by atoms with E-state index >= 15 is 0 Å². The predicted octanol–water partition coefficient (Wildman–Crippen LogP) is 3.56. The van der Waals surface area contributed by atoms with Crippen LogP contribution >= 0.6 is 11.3 Å². The van der Waals surface area contributed by atoms with Gasteiger partial charge in [0.1, 0.15) is 9.46 Å². The summed E-state index contributed by atoms with van der Waals surface area (Å²) in [5.41, 5.74) is 2.64. The standard InChI is InChI=1S/C20H22N2O4S3/c1-14-10-15(2)20(16(3)11-14)29(25,26)22-13-18(17-6-4-8-21-12-17)28(23,24)19-7-5-9-27-19/h4-12,18,22H,13H2,1-3H3/t18-/m1/s1. The maximum atomic E-state index is 13.2. The highest BCUT2D eigenvalue weighted by molar-refractivity contribution is 7.93. The zero-order chi connectivity index (χ0) is 21.2. The van der Waals surface area contributed by atoms with Gasteiger partial charge in [-0.1, -0.05) is 29.8 Å². The number of aryl methyl sites for hydroxylation is 3. The number of thiophene rings is 1. The molecular formula is C20H22N2O4S3. The smallest absolute Gasteiger partial charge is 0.241 e. The van der Waals surface area contributed by atoms with E-state index in [1.165, 1.54) is 12.3 Å². The van der Waals surface area contributed by atoms with Crippen LogP contribution < -0.4 is 4.72 Å². The van der Waals surface area contributed by atoms with Crippen LogP contribution in [0.5, 0.6) is 0 Å². The Balaban J connectivity index is 1.98. The number of sulfone groups is 1. The lowest BCUT2D eigenvalue weighted by Gasteiger charge is -2.19. The average Bonchev–Trinajstić information content (AvgIpc) is 3.17. The molecule has 9 heteroatoms. The molecule has 1 atom stereocenters. The van der Waals surface area contributed by atoms with Gasteiger partial charge in [0.25, 0.3) is 0 Å². The van der Waals surface area contributed by atoms with E-state index < -0.39 is 25.1 Å². The highest BCUT2D eigenvalue weighted by Gasteiger charge is 2.32. The van der Waals surface area contributed by atoms with Crippen LogP contribution in [0.1, 0.15) is 27.5 Å². The van der Waals surface area contributed by atoms with Gasteiger partial charge in [0.05, 0.1) is 4.90 Å². The minimum absolute atomic E-state index is 0.182. The van der Waals surface area contributed by atoms with Gasteiger partial charge in [-0.25, -0.2) is 21.6 Å². The molecule has 0 amide bonds. The van der Waals surface area contributed by atoms with Crippen LogP contribution in [0.15, 0.2) is 63.3 Å². The Hall–Kier alpha value is -2.07. The van der Waals surface area contributed by atoms with Gasteiger partial charge in [-0.15, -0.1) is 11.3 Å². The summed E-state index contributed by atoms with van der Waals surface area (Å²) >= 11 is 1.10. The van der Waals surface area contributed by atoms with Crippen molar-refractivity contribution in [2.75, 3.05) is 6.54 Å². The molecule has 0 aliphatic carbocycles. The molecule has 0 fully saturated rings. The normalized spacial score (nSPS) is 13.3. The molecule has 0 aliphatic rings. The van der Waals surface area contributed by atoms with E-state index in [0.29, 0.717) is 16.7 Å². The number of nitrogens with one attached hydrogen (secondary N) is 1. The minimum atomic E-state index is -3.90. The second kappa shape index (κ2) is 8.35. The summed E-state index contributed by atoms with van der Waals surface area (Å²) in [4.78, 5) is 4.18. The second-order valence-electron chi connectivity index (χ2n) is 6.83. The molecule has 1 N–H and O–H groups in total. The van der Waals surface area contributed by atoms with Gasteiger partial charge in [0.2, 0.25) is 10.0 Å². The Labute approximate surface area is 175 Å². The highest BCUT2D eigenvalue weighted by atomic mass is 32.2. The van der Waals surface area contributed by atoms with Crippen LogP contribution in [0.2, 0.25) is 0 Å². The summed E-state index contributed by atoms with van der Waals surface area (Å²) in [6.07, 6.45) is 2.99. The summed E-state index contributed by atoms with van der Waals surface area (Å²) in [5, 5.41) is 0.590. The van der Waals surface area contributed by atoms with Crippen LogP contribution in [0, 0.1) is 20.8 Å². The predicted molar refractivity (Wildman–Crippen MR) is 114 cm³/mol. The SMILES string of the molecule is Cc1cc(C)c(S(=O)(=O)NC[C@H](c2cccnc2)S(=O)(=O)c2cccs2)c(C)c1. The van der Waals surface area contributed by atoms with Crippen molar-refractivity contribution in [3.63, 3.8) is 0 Å². The molecule has 6 nitrogen and oxygen atoms in total. The van der Waals surface area contributed by atoms with Crippen LogP contribution in [-0.4, -0.2) is 28.4 Å². The summed E-state index contributed by atoms with van der Waals surface area (Å²) < 4.78 is 55.1. The van der Waals surface area contributed by atoms with Crippen LogP contribution in [0.3, 0.4) is 0 Å². The Morgan fingerprint density at radius 1 is 1.03 bits per heavy atom. The third-order valence-electron chi connectivity index (χ3n) is 4.54. The Bertz CT molecular complexity index is 1180. The number of nitrogens with zero attached hydrogens (tertiary/aromatic N) is 1. The van der Waals surface area contributed by atoms with Crippen molar-refractivity contribution in [3.05, 3.63) is 76.4 Å². The van der Waals surface area contributed by atoms with Gasteiger partial charge >= 0.3 is 0 Å². The number of pyridine rings is 1. The zero-order valence-corrected chi connectivity index (χ0v) is 18.7. The Kier molecular flexibility index (Phi) is 6.23. The molecule has 0 radical (unpaired) electrons. The number of sulfonamides is 1. The van der Waals surface area contributed by atoms with Crippen LogP contribution in [0.25, 0.3) is 0 Å². The Morgan fingerprint density at radius 3 is 2.28 bits per heavy atom. The van der Waals surface area contributed by atoms with Crippen molar-refractivity contribution in [2.24, 2.45) is 0 Å². The lowest BCUT2D eigenvalue weighted by molar-refractivity contribution is 0.569. The summed E-state index contributed by atoms with van der Waals surface area (Å²) in [7, 11) is -7.69. The molecule has 2 aromatic heterocycles. The van der Waals surface area contributed by atoms with E-state index in [1.807, 2.05) is 6.92 Å². The first-order valence-corrected chi connectivity index (χ1v) is 12.8. The van der Waals surface area contributed by atoms with Crippen molar-refractivity contribution in [1.29, 1.82) is 0 Å². The molecule has 0 unspecified atom stereocenters. The van der Waals surface area contributed by atoms with Crippen molar-refractivity contribution in [1.82, 2.24) is 9.71 Å². The van der Waals surface area contributed by atoms with Gasteiger partial charge < -0.3 is 0 Å². The first kappa shape index (κ1) is 21.6. The largest absolute Gasteiger partial charge is 0.264 e. The van der Waals surface area contributed by atoms with E-state index in [9.17, 15) is 16.8 Å². The summed E-state index contributed by atoms with van der Waals surface area (Å²) in [5.74, 6) is 0. The summed E-state index contributed by atoms with van der Waals surface area (Å²) in [6, 6.07) is 10.0. The topological polar surface area (TPSA) is 93.2 Å². The van der Waals surface area contributed by atoms with Crippen molar-refractivity contribution < 1.29 is 16.8 Å². The third-order valence-corrected chi connectivity index (χ3v) is 9.80. The molecular weight excluding hydrogens is 428 g/mol. The van der Waals surface area contributed by atoms with E-state index in [1.54, 1.807) is 55.8 Å². The van der Waals surface area contributed by atoms with Crippen molar-refractivity contribution in [2.45, 2.75) is 35.1 Å². The van der Waals surface area contributed by atoms with Gasteiger partial charge in [-0.3, -0.25) is 4.98 Å². The molecule has 0 saturated carbocycles. The maximum Gasteiger partial charge on any atom is 0.241 e. The zero-order valence-electron chi connectivity index (χ0n) is 16.3. The molecule has 0 saturated heterocycles. The molecule has 154 valence electrons. The van der Waals surface area contributed by atoms with E-state index in [0.717, 1.165) is 16.9 Å². The molecule has 1 aromatic carbocycles. The molecule has 3 aromatic rings. The average molecular weight is 451 g/mol. The molecule has 0 aliphatic heterocycles. The van der Waals surface area contributed by atoms with E-state index in [4.69, 9.17) is 0 Å². The quantitative estimate of drug-likeness (QED) is 0.594. The van der Waals surface area contributed by atoms with E-state index in [2.05, 4.69) is 9.71 Å². The molecule has 2 heterocycles. The lowest BCUT2D eigenvalue weighted by Crippen LogP contribution is -2.32. The first-order valence-electron chi connectivity index (χ1n) is 8.88. The molecule has 3 rings (SSSR count). The van der Waals surface area contributed by atoms with Gasteiger partial charge in [-0.2, -0.15) is 0 Å². The van der Waals surface area contributed by atoms with Crippen LogP contribution in [0.4, 0.5) is 0 Å². The third kappa shape index (κ3) is 4.58. The van der Waals surface area contributed by atoms with Crippen molar-refractivity contribution >= 4 is 31.2 Å². The monoisotopic (exact) mass is 450 g/mol.